The van der Waals surface area contributed by atoms with Crippen LogP contribution in [0.15, 0.2) is 58.8 Å². The van der Waals surface area contributed by atoms with Crippen LogP contribution in [0.1, 0.15) is 19.4 Å². The van der Waals surface area contributed by atoms with E-state index in [-0.39, 0.29) is 5.75 Å². The zero-order valence-electron chi connectivity index (χ0n) is 12.5. The summed E-state index contributed by atoms with van der Waals surface area (Å²) in [5.74, 6) is 0.270. The van der Waals surface area contributed by atoms with Crippen molar-refractivity contribution in [3.63, 3.8) is 0 Å². The van der Waals surface area contributed by atoms with Gasteiger partial charge in [0.15, 0.2) is 0 Å². The summed E-state index contributed by atoms with van der Waals surface area (Å²) in [5, 5.41) is 18.4. The summed E-state index contributed by atoms with van der Waals surface area (Å²) < 4.78 is 0. The van der Waals surface area contributed by atoms with E-state index >= 15 is 0 Å². The van der Waals surface area contributed by atoms with Crippen LogP contribution >= 0.6 is 0 Å². The van der Waals surface area contributed by atoms with Gasteiger partial charge in [0, 0.05) is 30.4 Å². The number of azo groups is 1. The second-order valence-corrected chi connectivity index (χ2v) is 4.72. The van der Waals surface area contributed by atoms with Crippen LogP contribution in [0.4, 0.5) is 11.4 Å². The van der Waals surface area contributed by atoms with Crippen molar-refractivity contribution in [2.24, 2.45) is 10.2 Å². The summed E-state index contributed by atoms with van der Waals surface area (Å²) in [4.78, 5) is 2.19. The average molecular weight is 283 g/mol. The summed E-state index contributed by atoms with van der Waals surface area (Å²) in [7, 11) is 0. The fourth-order valence-electron chi connectivity index (χ4n) is 2.16. The molecule has 4 nitrogen and oxygen atoms in total. The Balaban J connectivity index is 2.06. The Bertz CT molecular complexity index is 592. The number of anilines is 1. The third-order valence-electron chi connectivity index (χ3n) is 3.38. The lowest BCUT2D eigenvalue weighted by atomic mass is 10.1. The summed E-state index contributed by atoms with van der Waals surface area (Å²) in [6.45, 7) is 6.41. The second-order valence-electron chi connectivity index (χ2n) is 4.72. The molecule has 0 radical (unpaired) electrons. The first-order valence-corrected chi connectivity index (χ1v) is 7.24. The molecule has 0 unspecified atom stereocenters. The number of phenolic OH excluding ortho intramolecular Hbond substituents is 1. The van der Waals surface area contributed by atoms with Gasteiger partial charge in [0.05, 0.1) is 12.2 Å². The van der Waals surface area contributed by atoms with Gasteiger partial charge >= 0.3 is 0 Å². The molecule has 0 aromatic heterocycles. The monoisotopic (exact) mass is 283 g/mol. The zero-order valence-corrected chi connectivity index (χ0v) is 12.5. The fraction of sp³-hybridized carbons (Fsp3) is 0.294. The molecule has 0 heterocycles. The first-order chi connectivity index (χ1) is 10.2. The smallest absolute Gasteiger partial charge is 0.122 e. The van der Waals surface area contributed by atoms with Crippen molar-refractivity contribution in [3.05, 3.63) is 54.1 Å². The largest absolute Gasteiger partial charge is 0.508 e. The maximum Gasteiger partial charge on any atom is 0.122 e. The predicted octanol–water partition coefficient (Wildman–Crippen LogP) is 4.52. The molecule has 0 atom stereocenters. The van der Waals surface area contributed by atoms with Crippen LogP contribution < -0.4 is 4.90 Å². The number of benzene rings is 2. The van der Waals surface area contributed by atoms with Gasteiger partial charge in [0.2, 0.25) is 0 Å². The quantitative estimate of drug-likeness (QED) is 0.792. The molecule has 2 aromatic rings. The highest BCUT2D eigenvalue weighted by Gasteiger charge is 2.06. The Morgan fingerprint density at radius 3 is 2.33 bits per heavy atom. The minimum Gasteiger partial charge on any atom is -0.508 e. The van der Waals surface area contributed by atoms with E-state index in [1.54, 1.807) is 6.07 Å². The van der Waals surface area contributed by atoms with Crippen molar-refractivity contribution in [1.82, 2.24) is 0 Å². The van der Waals surface area contributed by atoms with Gasteiger partial charge in [0.25, 0.3) is 0 Å². The lowest BCUT2D eigenvalue weighted by Crippen LogP contribution is -2.21. The standard InChI is InChI=1S/C17H21N3O/c1-3-20(4-2)16-11-10-14(17(21)12-16)13-18-19-15-8-6-5-7-9-15/h5-12,21H,3-4,13H2,1-2H3. The maximum absolute atomic E-state index is 10.1. The second kappa shape index (κ2) is 7.43. The molecular formula is C17H21N3O. The molecule has 0 fully saturated rings. The minimum absolute atomic E-state index is 0.270. The first-order valence-electron chi connectivity index (χ1n) is 7.24. The fourth-order valence-corrected chi connectivity index (χ4v) is 2.16. The highest BCUT2D eigenvalue weighted by Crippen LogP contribution is 2.25. The molecule has 0 aliphatic rings. The first kappa shape index (κ1) is 15.0. The van der Waals surface area contributed by atoms with Crippen molar-refractivity contribution < 1.29 is 5.11 Å². The van der Waals surface area contributed by atoms with E-state index in [2.05, 4.69) is 29.0 Å². The number of phenols is 1. The van der Waals surface area contributed by atoms with Crippen LogP contribution in [0.5, 0.6) is 5.75 Å². The molecular weight excluding hydrogens is 262 g/mol. The highest BCUT2D eigenvalue weighted by atomic mass is 16.3. The van der Waals surface area contributed by atoms with Crippen molar-refractivity contribution in [3.8, 4) is 5.75 Å². The molecule has 0 spiro atoms. The molecule has 0 saturated heterocycles. The maximum atomic E-state index is 10.1. The molecule has 0 aliphatic heterocycles. The molecule has 0 saturated carbocycles. The Hall–Kier alpha value is -2.36. The van der Waals surface area contributed by atoms with Gasteiger partial charge in [-0.2, -0.15) is 10.2 Å². The molecule has 110 valence electrons. The molecule has 4 heteroatoms. The van der Waals surface area contributed by atoms with Crippen LogP contribution in [-0.2, 0) is 6.54 Å². The number of hydrogen-bond acceptors (Lipinski definition) is 4. The summed E-state index contributed by atoms with van der Waals surface area (Å²) in [5.41, 5.74) is 2.63. The topological polar surface area (TPSA) is 48.2 Å². The lowest BCUT2D eigenvalue weighted by Gasteiger charge is -2.21. The minimum atomic E-state index is 0.270. The van der Waals surface area contributed by atoms with Gasteiger partial charge in [-0.15, -0.1) is 0 Å². The van der Waals surface area contributed by atoms with Crippen molar-refractivity contribution in [1.29, 1.82) is 0 Å². The van der Waals surface area contributed by atoms with Crippen molar-refractivity contribution in [2.45, 2.75) is 20.4 Å². The molecule has 0 aliphatic carbocycles. The van der Waals surface area contributed by atoms with Gasteiger partial charge in [-0.25, -0.2) is 0 Å². The summed E-state index contributed by atoms with van der Waals surface area (Å²) in [6.07, 6.45) is 0. The van der Waals surface area contributed by atoms with Crippen LogP contribution in [0, 0.1) is 0 Å². The van der Waals surface area contributed by atoms with Gasteiger partial charge in [0.1, 0.15) is 5.75 Å². The zero-order chi connectivity index (χ0) is 15.1. The van der Waals surface area contributed by atoms with Gasteiger partial charge in [-0.05, 0) is 32.0 Å². The van der Waals surface area contributed by atoms with Crippen LogP contribution in [0.25, 0.3) is 0 Å². The van der Waals surface area contributed by atoms with E-state index in [1.807, 2.05) is 42.5 Å². The SMILES string of the molecule is CCN(CC)c1ccc(CN=Nc2ccccc2)c(O)c1. The molecule has 1 N–H and O–H groups in total. The number of hydrogen-bond donors (Lipinski definition) is 1. The Morgan fingerprint density at radius 2 is 1.71 bits per heavy atom. The van der Waals surface area contributed by atoms with E-state index in [9.17, 15) is 5.11 Å². The van der Waals surface area contributed by atoms with Gasteiger partial charge < -0.3 is 10.0 Å². The Labute approximate surface area is 125 Å². The normalized spacial score (nSPS) is 11.0. The molecule has 2 rings (SSSR count). The van der Waals surface area contributed by atoms with E-state index in [0.29, 0.717) is 6.54 Å². The summed E-state index contributed by atoms with van der Waals surface area (Å²) in [6, 6.07) is 15.3. The number of nitrogens with zero attached hydrogens (tertiary/aromatic N) is 3. The third-order valence-corrected chi connectivity index (χ3v) is 3.38. The Morgan fingerprint density at radius 1 is 1.00 bits per heavy atom. The molecule has 21 heavy (non-hydrogen) atoms. The van der Waals surface area contributed by atoms with E-state index in [1.165, 1.54) is 0 Å². The predicted molar refractivity (Wildman–Crippen MR) is 86.3 cm³/mol. The highest BCUT2D eigenvalue weighted by molar-refractivity contribution is 5.53. The summed E-state index contributed by atoms with van der Waals surface area (Å²) >= 11 is 0. The van der Waals surface area contributed by atoms with E-state index < -0.39 is 0 Å². The van der Waals surface area contributed by atoms with E-state index in [4.69, 9.17) is 0 Å². The van der Waals surface area contributed by atoms with Gasteiger partial charge in [-0.1, -0.05) is 24.3 Å². The van der Waals surface area contributed by atoms with Gasteiger partial charge in [-0.3, -0.25) is 0 Å². The van der Waals surface area contributed by atoms with Crippen molar-refractivity contribution >= 4 is 11.4 Å². The van der Waals surface area contributed by atoms with Crippen molar-refractivity contribution in [2.75, 3.05) is 18.0 Å². The third kappa shape index (κ3) is 4.05. The molecule has 0 bridgehead atoms. The van der Waals surface area contributed by atoms with Crippen LogP contribution in [0.2, 0.25) is 0 Å². The molecule has 0 amide bonds. The number of aromatic hydroxyl groups is 1. The average Bonchev–Trinajstić information content (AvgIpc) is 2.51. The Kier molecular flexibility index (Phi) is 5.32. The van der Waals surface area contributed by atoms with Crippen LogP contribution in [-0.4, -0.2) is 18.2 Å². The lowest BCUT2D eigenvalue weighted by molar-refractivity contribution is 0.468. The number of rotatable bonds is 6. The van der Waals surface area contributed by atoms with Crippen LogP contribution in [0.3, 0.4) is 0 Å². The van der Waals surface area contributed by atoms with E-state index in [0.717, 1.165) is 30.0 Å². The molecule has 2 aromatic carbocycles.